The molecule has 304 valence electrons. The number of hydrogen-bond donors (Lipinski definition) is 0. The van der Waals surface area contributed by atoms with Crippen LogP contribution in [0.15, 0.2) is 239 Å². The Morgan fingerprint density at radius 3 is 1.42 bits per heavy atom. The van der Waals surface area contributed by atoms with Crippen LogP contribution in [0, 0.1) is 0 Å². The first kappa shape index (κ1) is 35.9. The second-order valence-electron chi connectivity index (χ2n) is 17.1. The molecular weight excluding hydrogens is 793 g/mol. The van der Waals surface area contributed by atoms with Gasteiger partial charge in [-0.15, -0.1) is 0 Å². The first-order valence-electron chi connectivity index (χ1n) is 22.3. The maximum absolute atomic E-state index is 6.78. The van der Waals surface area contributed by atoms with Crippen molar-refractivity contribution in [3.8, 4) is 22.3 Å². The molecule has 10 aromatic carbocycles. The highest BCUT2D eigenvalue weighted by atomic mass is 16.3. The summed E-state index contributed by atoms with van der Waals surface area (Å²) in [5.74, 6) is 0. The first-order valence-corrected chi connectivity index (χ1v) is 22.3. The van der Waals surface area contributed by atoms with E-state index in [1.165, 1.54) is 44.5 Å². The Kier molecular flexibility index (Phi) is 7.57. The Morgan fingerprint density at radius 2 is 0.754 bits per heavy atom. The smallest absolute Gasteiger partial charge is 0.159 e. The van der Waals surface area contributed by atoms with Gasteiger partial charge < -0.3 is 18.6 Å². The molecule has 2 aliphatic carbocycles. The van der Waals surface area contributed by atoms with Gasteiger partial charge >= 0.3 is 0 Å². The first-order chi connectivity index (χ1) is 32.3. The van der Waals surface area contributed by atoms with E-state index in [0.29, 0.717) is 0 Å². The molecule has 0 N–H and O–H groups in total. The lowest BCUT2D eigenvalue weighted by Gasteiger charge is -2.33. The second kappa shape index (κ2) is 13.7. The van der Waals surface area contributed by atoms with Crippen LogP contribution in [-0.4, -0.2) is 0 Å². The topological polar surface area (TPSA) is 32.8 Å². The standard InChI is InChI=1S/C61H38N2O2/c1-3-18-39(19-4-1)62(54-32-15-26-46-44-23-9-13-34-56(44)64-59(46)54)41-36-37-43-42-22-7-11-28-49(42)61(52(43)38-41)50-29-12-8-25-48(50)58-51(61)30-17-31-53(58)63(40-20-5-2-6-21-40)55-33-16-27-47-45-24-10-14-35-57(45)65-60(47)55/h1-38H. The molecule has 2 heterocycles. The minimum atomic E-state index is -0.620. The summed E-state index contributed by atoms with van der Waals surface area (Å²) in [6.45, 7) is 0. The predicted molar refractivity (Wildman–Crippen MR) is 267 cm³/mol. The van der Waals surface area contributed by atoms with E-state index in [0.717, 1.165) is 78.0 Å². The Balaban J connectivity index is 1.05. The number of rotatable bonds is 6. The van der Waals surface area contributed by atoms with Gasteiger partial charge in [-0.2, -0.15) is 0 Å². The van der Waals surface area contributed by atoms with Crippen molar-refractivity contribution in [1.82, 2.24) is 0 Å². The summed E-state index contributed by atoms with van der Waals surface area (Å²) >= 11 is 0. The molecule has 0 radical (unpaired) electrons. The van der Waals surface area contributed by atoms with Crippen LogP contribution in [0.3, 0.4) is 0 Å². The van der Waals surface area contributed by atoms with Gasteiger partial charge in [0.1, 0.15) is 11.2 Å². The Bertz CT molecular complexity index is 3860. The van der Waals surface area contributed by atoms with Crippen molar-refractivity contribution in [3.63, 3.8) is 0 Å². The summed E-state index contributed by atoms with van der Waals surface area (Å²) in [7, 11) is 0. The van der Waals surface area contributed by atoms with Crippen LogP contribution >= 0.6 is 0 Å². The monoisotopic (exact) mass is 830 g/mol. The minimum absolute atomic E-state index is 0.620. The van der Waals surface area contributed by atoms with Crippen LogP contribution < -0.4 is 9.80 Å². The minimum Gasteiger partial charge on any atom is -0.454 e. The highest BCUT2D eigenvalue weighted by molar-refractivity contribution is 6.12. The molecule has 1 unspecified atom stereocenters. The summed E-state index contributed by atoms with van der Waals surface area (Å²) in [6, 6.07) is 83.2. The summed E-state index contributed by atoms with van der Waals surface area (Å²) < 4.78 is 13.5. The molecule has 0 fully saturated rings. The van der Waals surface area contributed by atoms with Gasteiger partial charge in [-0.3, -0.25) is 0 Å². The van der Waals surface area contributed by atoms with E-state index in [1.807, 2.05) is 12.1 Å². The van der Waals surface area contributed by atoms with Crippen molar-refractivity contribution >= 4 is 78.0 Å². The summed E-state index contributed by atoms with van der Waals surface area (Å²) in [6.07, 6.45) is 0. The number of fused-ring (bicyclic) bond motifs is 16. The number of nitrogens with zero attached hydrogens (tertiary/aromatic N) is 2. The molecule has 65 heavy (non-hydrogen) atoms. The third-order valence-corrected chi connectivity index (χ3v) is 13.9. The molecule has 0 saturated carbocycles. The maximum Gasteiger partial charge on any atom is 0.159 e. The van der Waals surface area contributed by atoms with Crippen molar-refractivity contribution in [2.45, 2.75) is 5.41 Å². The lowest BCUT2D eigenvalue weighted by molar-refractivity contribution is 0.668. The maximum atomic E-state index is 6.78. The van der Waals surface area contributed by atoms with Gasteiger partial charge in [-0.05, 0) is 106 Å². The number of benzene rings is 10. The molecule has 0 aliphatic heterocycles. The Hall–Kier alpha value is -8.60. The summed E-state index contributed by atoms with van der Waals surface area (Å²) in [5.41, 5.74) is 19.1. The van der Waals surface area contributed by atoms with Crippen molar-refractivity contribution in [2.75, 3.05) is 9.80 Å². The van der Waals surface area contributed by atoms with Crippen molar-refractivity contribution in [3.05, 3.63) is 253 Å². The summed E-state index contributed by atoms with van der Waals surface area (Å²) in [5, 5.41) is 4.40. The number of furan rings is 2. The van der Waals surface area contributed by atoms with Gasteiger partial charge in [0, 0.05) is 44.2 Å². The fraction of sp³-hybridized carbons (Fsp3) is 0.0164. The predicted octanol–water partition coefficient (Wildman–Crippen LogP) is 16.8. The normalized spacial score (nSPS) is 14.5. The molecule has 14 rings (SSSR count). The van der Waals surface area contributed by atoms with E-state index in [2.05, 4.69) is 228 Å². The quantitative estimate of drug-likeness (QED) is 0.167. The van der Waals surface area contributed by atoms with Gasteiger partial charge in [0.05, 0.1) is 22.5 Å². The molecule has 0 bridgehead atoms. The molecule has 0 saturated heterocycles. The fourth-order valence-corrected chi connectivity index (χ4v) is 11.3. The van der Waals surface area contributed by atoms with Crippen molar-refractivity contribution in [1.29, 1.82) is 0 Å². The molecule has 12 aromatic rings. The van der Waals surface area contributed by atoms with E-state index in [9.17, 15) is 0 Å². The van der Waals surface area contributed by atoms with Gasteiger partial charge in [-0.25, -0.2) is 0 Å². The third kappa shape index (κ3) is 4.96. The van der Waals surface area contributed by atoms with Gasteiger partial charge in [0.25, 0.3) is 0 Å². The molecule has 2 aromatic heterocycles. The van der Waals surface area contributed by atoms with Crippen LogP contribution in [-0.2, 0) is 5.41 Å². The van der Waals surface area contributed by atoms with E-state index in [-0.39, 0.29) is 0 Å². The van der Waals surface area contributed by atoms with E-state index >= 15 is 0 Å². The van der Waals surface area contributed by atoms with Crippen molar-refractivity contribution < 1.29 is 8.83 Å². The van der Waals surface area contributed by atoms with Crippen molar-refractivity contribution in [2.24, 2.45) is 0 Å². The number of hydrogen-bond acceptors (Lipinski definition) is 4. The molecule has 4 nitrogen and oxygen atoms in total. The zero-order chi connectivity index (χ0) is 42.6. The largest absolute Gasteiger partial charge is 0.454 e. The van der Waals surface area contributed by atoms with Crippen LogP contribution in [0.25, 0.3) is 66.1 Å². The SMILES string of the molecule is c1ccc(N(c2ccc3c(c2)C2(c4ccccc4-3)c3ccccc3-c3c(N(c4ccccc4)c4cccc5c4oc4ccccc45)cccc32)c2cccc3c2oc2ccccc23)cc1. The van der Waals surface area contributed by atoms with Gasteiger partial charge in [0.15, 0.2) is 11.2 Å². The van der Waals surface area contributed by atoms with Gasteiger partial charge in [-0.1, -0.05) is 164 Å². The average Bonchev–Trinajstić information content (AvgIpc) is 4.11. The number of anilines is 6. The number of para-hydroxylation sites is 6. The third-order valence-electron chi connectivity index (χ3n) is 13.9. The van der Waals surface area contributed by atoms with Crippen LogP contribution in [0.4, 0.5) is 34.1 Å². The molecule has 1 spiro atoms. The van der Waals surface area contributed by atoms with Crippen LogP contribution in [0.1, 0.15) is 22.3 Å². The lowest BCUT2D eigenvalue weighted by atomic mass is 9.70. The molecule has 1 atom stereocenters. The highest BCUT2D eigenvalue weighted by Crippen LogP contribution is 2.65. The summed E-state index contributed by atoms with van der Waals surface area (Å²) in [4.78, 5) is 4.77. The second-order valence-corrected chi connectivity index (χ2v) is 17.1. The molecule has 4 heteroatoms. The fourth-order valence-electron chi connectivity index (χ4n) is 11.3. The zero-order valence-electron chi connectivity index (χ0n) is 35.2. The van der Waals surface area contributed by atoms with E-state index in [1.54, 1.807) is 0 Å². The molecule has 0 amide bonds. The van der Waals surface area contributed by atoms with E-state index in [4.69, 9.17) is 8.83 Å². The van der Waals surface area contributed by atoms with Crippen LogP contribution in [0.5, 0.6) is 0 Å². The molecule has 2 aliphatic rings. The lowest BCUT2D eigenvalue weighted by Crippen LogP contribution is -2.26. The Morgan fingerprint density at radius 1 is 0.292 bits per heavy atom. The van der Waals surface area contributed by atoms with E-state index < -0.39 is 5.41 Å². The zero-order valence-corrected chi connectivity index (χ0v) is 35.2. The van der Waals surface area contributed by atoms with Gasteiger partial charge in [0.2, 0.25) is 0 Å². The van der Waals surface area contributed by atoms with Crippen LogP contribution in [0.2, 0.25) is 0 Å². The highest BCUT2D eigenvalue weighted by Gasteiger charge is 2.52. The molecular formula is C61H38N2O2. The average molecular weight is 831 g/mol. The Labute approximate surface area is 375 Å².